The lowest BCUT2D eigenvalue weighted by atomic mass is 10.1. The summed E-state index contributed by atoms with van der Waals surface area (Å²) < 4.78 is 6.64. The monoisotopic (exact) mass is 304 g/mol. The highest BCUT2D eigenvalue weighted by molar-refractivity contribution is 9.11. The van der Waals surface area contributed by atoms with Gasteiger partial charge in [-0.25, -0.2) is 0 Å². The minimum Gasteiger partial charge on any atom is -0.388 e. The van der Waals surface area contributed by atoms with E-state index in [1.165, 1.54) is 12.8 Å². The van der Waals surface area contributed by atoms with Gasteiger partial charge in [0.2, 0.25) is 0 Å². The van der Waals surface area contributed by atoms with E-state index in [0.29, 0.717) is 6.10 Å². The predicted molar refractivity (Wildman–Crippen MR) is 69.8 cm³/mol. The molecule has 90 valence electrons. The lowest BCUT2D eigenvalue weighted by Gasteiger charge is -2.11. The molecule has 0 radical (unpaired) electrons. The van der Waals surface area contributed by atoms with Crippen LogP contribution in [0.3, 0.4) is 0 Å². The summed E-state index contributed by atoms with van der Waals surface area (Å²) in [5.74, 6) is 0. The molecule has 1 aromatic rings. The van der Waals surface area contributed by atoms with Gasteiger partial charge in [0.1, 0.15) is 0 Å². The van der Waals surface area contributed by atoms with Crippen LogP contribution in [0.25, 0.3) is 0 Å². The number of hydrogen-bond acceptors (Lipinski definition) is 3. The van der Waals surface area contributed by atoms with E-state index < -0.39 is 0 Å². The van der Waals surface area contributed by atoms with E-state index in [9.17, 15) is 5.11 Å². The van der Waals surface area contributed by atoms with E-state index in [2.05, 4.69) is 15.9 Å². The minimum absolute atomic E-state index is 0.308. The molecular weight excluding hydrogens is 288 g/mol. The van der Waals surface area contributed by atoms with Crippen LogP contribution in [0.15, 0.2) is 15.9 Å². The fourth-order valence-electron chi connectivity index (χ4n) is 2.06. The summed E-state index contributed by atoms with van der Waals surface area (Å²) >= 11 is 5.02. The fraction of sp³-hybridized carbons (Fsp3) is 0.667. The smallest absolute Gasteiger partial charge is 0.0882 e. The minimum atomic E-state index is -0.308. The van der Waals surface area contributed by atoms with Crippen molar-refractivity contribution in [3.05, 3.63) is 20.8 Å². The van der Waals surface area contributed by atoms with Crippen molar-refractivity contribution in [2.45, 2.75) is 44.3 Å². The van der Waals surface area contributed by atoms with Crippen molar-refractivity contribution < 1.29 is 9.84 Å². The second-order valence-electron chi connectivity index (χ2n) is 4.22. The highest BCUT2D eigenvalue weighted by Crippen LogP contribution is 2.30. The fourth-order valence-corrected chi connectivity index (χ4v) is 3.50. The zero-order valence-corrected chi connectivity index (χ0v) is 11.6. The van der Waals surface area contributed by atoms with Gasteiger partial charge in [0.05, 0.1) is 16.0 Å². The van der Waals surface area contributed by atoms with E-state index in [1.807, 2.05) is 12.1 Å². The zero-order valence-electron chi connectivity index (χ0n) is 9.19. The lowest BCUT2D eigenvalue weighted by Crippen LogP contribution is -2.05. The van der Waals surface area contributed by atoms with Crippen LogP contribution in [0.4, 0.5) is 0 Å². The van der Waals surface area contributed by atoms with Gasteiger partial charge in [-0.05, 0) is 60.2 Å². The van der Waals surface area contributed by atoms with E-state index >= 15 is 0 Å². The van der Waals surface area contributed by atoms with Crippen LogP contribution in [-0.4, -0.2) is 17.8 Å². The highest BCUT2D eigenvalue weighted by atomic mass is 79.9. The van der Waals surface area contributed by atoms with Gasteiger partial charge in [-0.1, -0.05) is 0 Å². The maximum absolute atomic E-state index is 9.96. The van der Waals surface area contributed by atoms with Crippen molar-refractivity contribution in [1.29, 1.82) is 0 Å². The molecule has 1 aromatic heterocycles. The lowest BCUT2D eigenvalue weighted by molar-refractivity contribution is 0.0948. The topological polar surface area (TPSA) is 29.5 Å². The normalized spacial score (nSPS) is 22.5. The first-order chi connectivity index (χ1) is 7.75. The SMILES string of the molecule is OC(CCCC1CCCO1)c1ccc(Br)s1. The predicted octanol–water partition coefficient (Wildman–Crippen LogP) is 3.89. The maximum Gasteiger partial charge on any atom is 0.0882 e. The first kappa shape index (κ1) is 12.6. The van der Waals surface area contributed by atoms with E-state index in [0.717, 1.165) is 34.5 Å². The van der Waals surface area contributed by atoms with Crippen molar-refractivity contribution in [1.82, 2.24) is 0 Å². The zero-order chi connectivity index (χ0) is 11.4. The molecule has 2 heterocycles. The molecule has 2 nitrogen and oxygen atoms in total. The molecule has 1 aliphatic heterocycles. The summed E-state index contributed by atoms with van der Waals surface area (Å²) in [4.78, 5) is 1.05. The number of ether oxygens (including phenoxy) is 1. The summed E-state index contributed by atoms with van der Waals surface area (Å²) in [6.45, 7) is 0.922. The van der Waals surface area contributed by atoms with Gasteiger partial charge in [0.15, 0.2) is 0 Å². The summed E-state index contributed by atoms with van der Waals surface area (Å²) in [5.41, 5.74) is 0. The van der Waals surface area contributed by atoms with Crippen LogP contribution in [0.2, 0.25) is 0 Å². The van der Waals surface area contributed by atoms with Gasteiger partial charge in [-0.3, -0.25) is 0 Å². The Balaban J connectivity index is 1.69. The number of aliphatic hydroxyl groups excluding tert-OH is 1. The molecule has 2 atom stereocenters. The van der Waals surface area contributed by atoms with E-state index in [-0.39, 0.29) is 6.10 Å². The molecule has 1 saturated heterocycles. The molecule has 0 aromatic carbocycles. The Bertz CT molecular complexity index is 321. The van der Waals surface area contributed by atoms with E-state index in [4.69, 9.17) is 4.74 Å². The van der Waals surface area contributed by atoms with Crippen LogP contribution in [0.1, 0.15) is 43.1 Å². The first-order valence-electron chi connectivity index (χ1n) is 5.80. The van der Waals surface area contributed by atoms with Crippen molar-refractivity contribution >= 4 is 27.3 Å². The van der Waals surface area contributed by atoms with Crippen LogP contribution in [0.5, 0.6) is 0 Å². The van der Waals surface area contributed by atoms with Crippen LogP contribution in [0, 0.1) is 0 Å². The number of hydrogen-bond donors (Lipinski definition) is 1. The second kappa shape index (κ2) is 6.15. The van der Waals surface area contributed by atoms with Gasteiger partial charge in [-0.15, -0.1) is 11.3 Å². The van der Waals surface area contributed by atoms with Crippen LogP contribution < -0.4 is 0 Å². The number of rotatable bonds is 5. The third-order valence-electron chi connectivity index (χ3n) is 2.95. The van der Waals surface area contributed by atoms with Crippen LogP contribution in [-0.2, 0) is 4.74 Å². The van der Waals surface area contributed by atoms with E-state index in [1.54, 1.807) is 11.3 Å². The number of halogens is 1. The highest BCUT2D eigenvalue weighted by Gasteiger charge is 2.16. The summed E-state index contributed by atoms with van der Waals surface area (Å²) in [6, 6.07) is 3.98. The van der Waals surface area contributed by atoms with Crippen LogP contribution >= 0.6 is 27.3 Å². The summed E-state index contributed by atoms with van der Waals surface area (Å²) in [6.07, 6.45) is 5.50. The second-order valence-corrected chi connectivity index (χ2v) is 6.72. The largest absolute Gasteiger partial charge is 0.388 e. The average molecular weight is 305 g/mol. The average Bonchev–Trinajstić information content (AvgIpc) is 2.89. The molecule has 0 aliphatic carbocycles. The third-order valence-corrected chi connectivity index (χ3v) is 4.67. The molecule has 16 heavy (non-hydrogen) atoms. The van der Waals surface area contributed by atoms with Gasteiger partial charge in [0.25, 0.3) is 0 Å². The number of aliphatic hydroxyl groups is 1. The van der Waals surface area contributed by atoms with Gasteiger partial charge in [0, 0.05) is 11.5 Å². The molecule has 0 spiro atoms. The molecule has 2 rings (SSSR count). The molecule has 1 aliphatic rings. The Labute approximate surface area is 109 Å². The molecule has 0 saturated carbocycles. The Kier molecular flexibility index (Phi) is 4.82. The van der Waals surface area contributed by atoms with Gasteiger partial charge in [-0.2, -0.15) is 0 Å². The Hall–Kier alpha value is 0.1000. The molecule has 1 N–H and O–H groups in total. The van der Waals surface area contributed by atoms with Crippen molar-refractivity contribution in [3.63, 3.8) is 0 Å². The quantitative estimate of drug-likeness (QED) is 0.894. The standard InChI is InChI=1S/C12H17BrO2S/c13-12-7-6-11(16-12)10(14)5-1-3-9-4-2-8-15-9/h6-7,9-10,14H,1-5,8H2. The molecule has 1 fully saturated rings. The van der Waals surface area contributed by atoms with Crippen molar-refractivity contribution in [2.24, 2.45) is 0 Å². The van der Waals surface area contributed by atoms with Gasteiger partial charge >= 0.3 is 0 Å². The molecular formula is C12H17BrO2S. The van der Waals surface area contributed by atoms with Gasteiger partial charge < -0.3 is 9.84 Å². The summed E-state index contributed by atoms with van der Waals surface area (Å²) in [5, 5.41) is 9.96. The molecule has 4 heteroatoms. The first-order valence-corrected chi connectivity index (χ1v) is 7.41. The molecule has 0 amide bonds. The Morgan fingerprint density at radius 2 is 2.44 bits per heavy atom. The third kappa shape index (κ3) is 3.55. The summed E-state index contributed by atoms with van der Waals surface area (Å²) in [7, 11) is 0. The van der Waals surface area contributed by atoms with Crippen molar-refractivity contribution in [2.75, 3.05) is 6.61 Å². The Morgan fingerprint density at radius 3 is 3.06 bits per heavy atom. The Morgan fingerprint density at radius 1 is 1.56 bits per heavy atom. The molecule has 0 bridgehead atoms. The number of thiophene rings is 1. The van der Waals surface area contributed by atoms with Crippen molar-refractivity contribution in [3.8, 4) is 0 Å². The maximum atomic E-state index is 9.96. The molecule has 2 unspecified atom stereocenters.